The third-order valence-corrected chi connectivity index (χ3v) is 3.46. The number of carbonyl (C=O) groups excluding carboxylic acids is 1. The van der Waals surface area contributed by atoms with Gasteiger partial charge in [-0.1, -0.05) is 35.0 Å². The predicted molar refractivity (Wildman–Crippen MR) is 85.3 cm³/mol. The molecule has 1 atom stereocenters. The highest BCUT2D eigenvalue weighted by atomic mass is 16.2. The molecule has 0 bridgehead atoms. The number of nitrogens with one attached hydrogen (secondary N) is 1. The van der Waals surface area contributed by atoms with E-state index in [1.165, 1.54) is 0 Å². The summed E-state index contributed by atoms with van der Waals surface area (Å²) in [5.41, 5.74) is 2.17. The first-order valence-corrected chi connectivity index (χ1v) is 7.42. The lowest BCUT2D eigenvalue weighted by Gasteiger charge is -2.24. The summed E-state index contributed by atoms with van der Waals surface area (Å²) >= 11 is 0. The highest BCUT2D eigenvalue weighted by molar-refractivity contribution is 5.83. The summed E-state index contributed by atoms with van der Waals surface area (Å²) in [6, 6.07) is 7.80. The molecule has 0 unspecified atom stereocenters. The van der Waals surface area contributed by atoms with Crippen molar-refractivity contribution < 1.29 is 4.79 Å². The number of amides is 1. The standard InChI is InChI=1S/C16H23N5O/c1-13-6-4-7-14(12-13)15(20(2)3)16(22)17-8-5-10-21-11-9-18-19-21/h4,6-7,9,11-12,15H,5,8,10H2,1-3H3,(H,17,22)/t15-/m0/s1. The van der Waals surface area contributed by atoms with Crippen molar-refractivity contribution in [3.8, 4) is 0 Å². The van der Waals surface area contributed by atoms with Gasteiger partial charge in [-0.15, -0.1) is 5.10 Å². The summed E-state index contributed by atoms with van der Waals surface area (Å²) in [6.07, 6.45) is 4.29. The van der Waals surface area contributed by atoms with E-state index in [-0.39, 0.29) is 11.9 Å². The molecule has 0 saturated carbocycles. The van der Waals surface area contributed by atoms with Crippen LogP contribution in [0.25, 0.3) is 0 Å². The van der Waals surface area contributed by atoms with E-state index < -0.39 is 0 Å². The molecule has 0 aliphatic rings. The zero-order valence-electron chi connectivity index (χ0n) is 13.4. The first kappa shape index (κ1) is 16.2. The maximum atomic E-state index is 12.5. The highest BCUT2D eigenvalue weighted by Crippen LogP contribution is 2.19. The second kappa shape index (κ2) is 7.70. The number of hydrogen-bond donors (Lipinski definition) is 1. The average molecular weight is 301 g/mol. The van der Waals surface area contributed by atoms with Gasteiger partial charge in [-0.05, 0) is 33.0 Å². The van der Waals surface area contributed by atoms with Gasteiger partial charge < -0.3 is 5.32 Å². The van der Waals surface area contributed by atoms with Gasteiger partial charge in [0.25, 0.3) is 0 Å². The summed E-state index contributed by atoms with van der Waals surface area (Å²) in [7, 11) is 3.84. The maximum absolute atomic E-state index is 12.5. The molecule has 22 heavy (non-hydrogen) atoms. The number of aromatic nitrogens is 3. The van der Waals surface area contributed by atoms with Gasteiger partial charge in [-0.25, -0.2) is 0 Å². The van der Waals surface area contributed by atoms with E-state index >= 15 is 0 Å². The lowest BCUT2D eigenvalue weighted by Crippen LogP contribution is -2.37. The first-order chi connectivity index (χ1) is 10.6. The van der Waals surface area contributed by atoms with Crippen molar-refractivity contribution in [3.05, 3.63) is 47.8 Å². The average Bonchev–Trinajstić information content (AvgIpc) is 2.97. The number of aryl methyl sites for hydroxylation is 2. The zero-order chi connectivity index (χ0) is 15.9. The smallest absolute Gasteiger partial charge is 0.241 e. The van der Waals surface area contributed by atoms with E-state index in [2.05, 4.69) is 21.7 Å². The van der Waals surface area contributed by atoms with Gasteiger partial charge in [0.1, 0.15) is 6.04 Å². The molecule has 1 heterocycles. The Morgan fingerprint density at radius 3 is 2.86 bits per heavy atom. The van der Waals surface area contributed by atoms with Crippen molar-refractivity contribution in [3.63, 3.8) is 0 Å². The third-order valence-electron chi connectivity index (χ3n) is 3.46. The molecule has 6 heteroatoms. The maximum Gasteiger partial charge on any atom is 0.241 e. The minimum absolute atomic E-state index is 0.0224. The zero-order valence-corrected chi connectivity index (χ0v) is 13.4. The van der Waals surface area contributed by atoms with Crippen LogP contribution in [-0.2, 0) is 11.3 Å². The predicted octanol–water partition coefficient (Wildman–Crippen LogP) is 1.40. The van der Waals surface area contributed by atoms with E-state index in [1.807, 2.05) is 50.3 Å². The van der Waals surface area contributed by atoms with Gasteiger partial charge in [0.2, 0.25) is 5.91 Å². The van der Waals surface area contributed by atoms with E-state index in [4.69, 9.17) is 0 Å². The normalized spacial score (nSPS) is 12.4. The van der Waals surface area contributed by atoms with E-state index in [1.54, 1.807) is 10.9 Å². The molecule has 1 aromatic carbocycles. The molecular weight excluding hydrogens is 278 g/mol. The Labute approximate surface area is 131 Å². The lowest BCUT2D eigenvalue weighted by atomic mass is 10.0. The number of nitrogens with zero attached hydrogens (tertiary/aromatic N) is 4. The number of carbonyl (C=O) groups is 1. The van der Waals surface area contributed by atoms with Crippen molar-refractivity contribution in [2.75, 3.05) is 20.6 Å². The quantitative estimate of drug-likeness (QED) is 0.785. The van der Waals surface area contributed by atoms with Crippen molar-refractivity contribution in [2.45, 2.75) is 25.9 Å². The van der Waals surface area contributed by atoms with Crippen LogP contribution in [-0.4, -0.2) is 46.4 Å². The third kappa shape index (κ3) is 4.39. The fraction of sp³-hybridized carbons (Fsp3) is 0.438. The summed E-state index contributed by atoms with van der Waals surface area (Å²) < 4.78 is 1.76. The van der Waals surface area contributed by atoms with Gasteiger partial charge in [-0.2, -0.15) is 0 Å². The number of hydrogen-bond acceptors (Lipinski definition) is 4. The van der Waals surface area contributed by atoms with Gasteiger partial charge in [0.05, 0.1) is 6.20 Å². The Bertz CT molecular complexity index is 594. The fourth-order valence-electron chi connectivity index (χ4n) is 2.43. The Balaban J connectivity index is 1.90. The minimum atomic E-state index is -0.272. The highest BCUT2D eigenvalue weighted by Gasteiger charge is 2.22. The van der Waals surface area contributed by atoms with Crippen LogP contribution in [0.5, 0.6) is 0 Å². The molecule has 0 saturated heterocycles. The van der Waals surface area contributed by atoms with Crippen LogP contribution in [0.3, 0.4) is 0 Å². The molecule has 0 radical (unpaired) electrons. The minimum Gasteiger partial charge on any atom is -0.354 e. The first-order valence-electron chi connectivity index (χ1n) is 7.42. The van der Waals surface area contributed by atoms with Crippen molar-refractivity contribution in [1.82, 2.24) is 25.2 Å². The molecule has 1 amide bonds. The van der Waals surface area contributed by atoms with E-state index in [0.29, 0.717) is 6.54 Å². The summed E-state index contributed by atoms with van der Waals surface area (Å²) in [5.74, 6) is 0.0224. The molecule has 0 spiro atoms. The Morgan fingerprint density at radius 2 is 2.23 bits per heavy atom. The summed E-state index contributed by atoms with van der Waals surface area (Å²) in [6.45, 7) is 3.40. The van der Waals surface area contributed by atoms with E-state index in [0.717, 1.165) is 24.1 Å². The molecule has 1 N–H and O–H groups in total. The molecule has 118 valence electrons. The number of rotatable bonds is 7. The Hall–Kier alpha value is -2.21. The molecule has 2 rings (SSSR count). The van der Waals surface area contributed by atoms with Crippen LogP contribution in [0.15, 0.2) is 36.7 Å². The topological polar surface area (TPSA) is 63.1 Å². The lowest BCUT2D eigenvalue weighted by molar-refractivity contribution is -0.125. The molecule has 6 nitrogen and oxygen atoms in total. The van der Waals surface area contributed by atoms with E-state index in [9.17, 15) is 4.79 Å². The van der Waals surface area contributed by atoms with Crippen LogP contribution >= 0.6 is 0 Å². The largest absolute Gasteiger partial charge is 0.354 e. The summed E-state index contributed by atoms with van der Waals surface area (Å²) in [4.78, 5) is 14.4. The van der Waals surface area contributed by atoms with Gasteiger partial charge in [0.15, 0.2) is 0 Å². The SMILES string of the molecule is Cc1cccc([C@@H](C(=O)NCCCn2ccnn2)N(C)C)c1. The van der Waals surface area contributed by atoms with Crippen LogP contribution in [0.2, 0.25) is 0 Å². The fourth-order valence-corrected chi connectivity index (χ4v) is 2.43. The van der Waals surface area contributed by atoms with Gasteiger partial charge >= 0.3 is 0 Å². The molecule has 0 fully saturated rings. The van der Waals surface area contributed by atoms with Crippen LogP contribution in [0, 0.1) is 6.92 Å². The summed E-state index contributed by atoms with van der Waals surface area (Å²) in [5, 5.41) is 10.7. The van der Waals surface area contributed by atoms with Crippen molar-refractivity contribution in [2.24, 2.45) is 0 Å². The molecule has 0 aliphatic heterocycles. The molecule has 1 aromatic heterocycles. The number of likely N-dealkylation sites (N-methyl/N-ethyl adjacent to an activating group) is 1. The second-order valence-electron chi connectivity index (χ2n) is 5.59. The van der Waals surface area contributed by atoms with Crippen molar-refractivity contribution in [1.29, 1.82) is 0 Å². The molecule has 2 aromatic rings. The molecule has 0 aliphatic carbocycles. The number of benzene rings is 1. The van der Waals surface area contributed by atoms with Gasteiger partial charge in [-0.3, -0.25) is 14.4 Å². The molecular formula is C16H23N5O. The monoisotopic (exact) mass is 301 g/mol. The van der Waals surface area contributed by atoms with Gasteiger partial charge in [0, 0.05) is 19.3 Å². The van der Waals surface area contributed by atoms with Crippen LogP contribution in [0.4, 0.5) is 0 Å². The van der Waals surface area contributed by atoms with Crippen LogP contribution < -0.4 is 5.32 Å². The Kier molecular flexibility index (Phi) is 5.66. The van der Waals surface area contributed by atoms with Crippen molar-refractivity contribution >= 4 is 5.91 Å². The second-order valence-corrected chi connectivity index (χ2v) is 5.59. The van der Waals surface area contributed by atoms with Crippen LogP contribution in [0.1, 0.15) is 23.6 Å². The Morgan fingerprint density at radius 1 is 1.41 bits per heavy atom.